The second-order valence-electron chi connectivity index (χ2n) is 2.45. The first-order valence-electron chi connectivity index (χ1n) is 3.35. The molecule has 2 heterocycles. The minimum absolute atomic E-state index is 0.777. The minimum atomic E-state index is 0.777. The van der Waals surface area contributed by atoms with Crippen LogP contribution in [-0.2, 0) is 0 Å². The third-order valence-corrected chi connectivity index (χ3v) is 1.49. The van der Waals surface area contributed by atoms with Crippen LogP contribution in [0, 0.1) is 20.0 Å². The molecule has 0 aliphatic carbocycles. The van der Waals surface area contributed by atoms with Crippen molar-refractivity contribution in [2.24, 2.45) is 0 Å². The van der Waals surface area contributed by atoms with Crippen molar-refractivity contribution in [2.45, 2.75) is 13.8 Å². The molecule has 0 amide bonds. The van der Waals surface area contributed by atoms with Gasteiger partial charge in [0.2, 0.25) is 0 Å². The van der Waals surface area contributed by atoms with Gasteiger partial charge in [0, 0.05) is 6.07 Å². The number of hydrogen-bond donors (Lipinski definition) is 0. The number of fused-ring (bicyclic) bond motifs is 1. The molecule has 0 bridgehead atoms. The molecule has 0 atom stereocenters. The fraction of sp³-hybridized carbons (Fsp3) is 0.286. The zero-order valence-corrected chi connectivity index (χ0v) is 6.37. The highest BCUT2D eigenvalue weighted by Gasteiger charge is 2.00. The zero-order valence-electron chi connectivity index (χ0n) is 6.37. The Bertz CT molecular complexity index is 390. The summed E-state index contributed by atoms with van der Waals surface area (Å²) < 4.78 is 1.72. The topological polar surface area (TPSA) is 43.1 Å². The molecular formula is C7H7N4. The molecule has 0 aliphatic rings. The van der Waals surface area contributed by atoms with E-state index in [1.165, 1.54) is 0 Å². The third-order valence-electron chi connectivity index (χ3n) is 1.49. The maximum atomic E-state index is 4.20. The molecule has 0 spiro atoms. The van der Waals surface area contributed by atoms with Gasteiger partial charge in [0.1, 0.15) is 6.20 Å². The normalized spacial score (nSPS) is 10.7. The lowest BCUT2D eigenvalue weighted by atomic mass is 10.5. The van der Waals surface area contributed by atoms with Crippen molar-refractivity contribution in [3.63, 3.8) is 0 Å². The molecule has 0 aliphatic heterocycles. The lowest BCUT2D eigenvalue weighted by Gasteiger charge is -1.92. The van der Waals surface area contributed by atoms with Crippen molar-refractivity contribution in [3.8, 4) is 0 Å². The van der Waals surface area contributed by atoms with Crippen LogP contribution in [0.1, 0.15) is 11.4 Å². The van der Waals surface area contributed by atoms with Crippen LogP contribution < -0.4 is 0 Å². The summed E-state index contributed by atoms with van der Waals surface area (Å²) in [5.41, 5.74) is 2.60. The Balaban J connectivity index is 2.90. The maximum Gasteiger partial charge on any atom is 0.177 e. The van der Waals surface area contributed by atoms with Crippen molar-refractivity contribution in [1.82, 2.24) is 19.8 Å². The van der Waals surface area contributed by atoms with Gasteiger partial charge in [-0.2, -0.15) is 5.10 Å². The highest BCUT2D eigenvalue weighted by atomic mass is 15.3. The number of nitrogens with zero attached hydrogens (tertiary/aromatic N) is 4. The van der Waals surface area contributed by atoms with E-state index in [4.69, 9.17) is 0 Å². The summed E-state index contributed by atoms with van der Waals surface area (Å²) in [4.78, 5) is 0. The van der Waals surface area contributed by atoms with Crippen LogP contribution in [0.3, 0.4) is 0 Å². The molecule has 0 N–H and O–H groups in total. The molecule has 0 saturated carbocycles. The van der Waals surface area contributed by atoms with Crippen LogP contribution in [0.5, 0.6) is 0 Å². The highest BCUT2D eigenvalue weighted by molar-refractivity contribution is 5.37. The third kappa shape index (κ3) is 0.869. The molecule has 4 nitrogen and oxygen atoms in total. The Morgan fingerprint density at radius 1 is 1.45 bits per heavy atom. The van der Waals surface area contributed by atoms with Crippen LogP contribution in [-0.4, -0.2) is 19.8 Å². The molecule has 2 rings (SSSR count). The lowest BCUT2D eigenvalue weighted by molar-refractivity contribution is 0.834. The van der Waals surface area contributed by atoms with Gasteiger partial charge in [-0.05, 0) is 13.8 Å². The maximum absolute atomic E-state index is 4.20. The van der Waals surface area contributed by atoms with Crippen LogP contribution in [0.2, 0.25) is 0 Å². The van der Waals surface area contributed by atoms with Gasteiger partial charge in [-0.25, -0.2) is 4.52 Å². The lowest BCUT2D eigenvalue weighted by Crippen LogP contribution is -1.97. The Morgan fingerprint density at radius 2 is 2.27 bits per heavy atom. The summed E-state index contributed by atoms with van der Waals surface area (Å²) >= 11 is 0. The smallest absolute Gasteiger partial charge is 0.177 e. The largest absolute Gasteiger partial charge is 0.215 e. The second-order valence-corrected chi connectivity index (χ2v) is 2.45. The monoisotopic (exact) mass is 147 g/mol. The summed E-state index contributed by atoms with van der Waals surface area (Å²) in [7, 11) is 0. The molecule has 0 aromatic carbocycles. The number of aryl methyl sites for hydroxylation is 2. The average Bonchev–Trinajstić information content (AvgIpc) is 2.31. The van der Waals surface area contributed by atoms with Gasteiger partial charge in [-0.15, -0.1) is 10.2 Å². The predicted molar refractivity (Wildman–Crippen MR) is 39.1 cm³/mol. The Morgan fingerprint density at radius 3 is 3.00 bits per heavy atom. The molecule has 0 unspecified atom stereocenters. The summed E-state index contributed by atoms with van der Waals surface area (Å²) in [6, 6.07) is 1.88. The van der Waals surface area contributed by atoms with Crippen LogP contribution in [0.25, 0.3) is 5.65 Å². The molecule has 4 heteroatoms. The molecule has 1 radical (unpaired) electrons. The zero-order chi connectivity index (χ0) is 7.84. The van der Waals surface area contributed by atoms with Crippen molar-refractivity contribution < 1.29 is 0 Å². The summed E-state index contributed by atoms with van der Waals surface area (Å²) in [6.07, 6.45) is 2.73. The molecular weight excluding hydrogens is 140 g/mol. The molecule has 55 valence electrons. The fourth-order valence-electron chi connectivity index (χ4n) is 1.000. The quantitative estimate of drug-likeness (QED) is 0.546. The molecule has 0 saturated heterocycles. The predicted octanol–water partition coefficient (Wildman–Crippen LogP) is 0.541. The minimum Gasteiger partial charge on any atom is -0.215 e. The van der Waals surface area contributed by atoms with Gasteiger partial charge in [0.15, 0.2) is 5.65 Å². The van der Waals surface area contributed by atoms with Crippen molar-refractivity contribution in [3.05, 3.63) is 23.7 Å². The first-order valence-corrected chi connectivity index (χ1v) is 3.35. The van der Waals surface area contributed by atoms with Gasteiger partial charge < -0.3 is 0 Å². The first-order chi connectivity index (χ1) is 5.27. The summed E-state index contributed by atoms with van der Waals surface area (Å²) in [6.45, 7) is 3.82. The van der Waals surface area contributed by atoms with Crippen LogP contribution >= 0.6 is 0 Å². The summed E-state index contributed by atoms with van der Waals surface area (Å²) in [5.74, 6) is 0. The van der Waals surface area contributed by atoms with E-state index in [2.05, 4.69) is 21.5 Å². The van der Waals surface area contributed by atoms with E-state index in [0.29, 0.717) is 0 Å². The van der Waals surface area contributed by atoms with Crippen molar-refractivity contribution in [2.75, 3.05) is 0 Å². The Hall–Kier alpha value is -1.45. The van der Waals surface area contributed by atoms with Gasteiger partial charge in [0.05, 0.1) is 11.4 Å². The average molecular weight is 147 g/mol. The first kappa shape index (κ1) is 6.27. The molecule has 0 fully saturated rings. The van der Waals surface area contributed by atoms with E-state index in [9.17, 15) is 0 Å². The molecule has 11 heavy (non-hydrogen) atoms. The number of aromatic nitrogens is 4. The van der Waals surface area contributed by atoms with Gasteiger partial charge in [-0.1, -0.05) is 0 Å². The van der Waals surface area contributed by atoms with E-state index in [-0.39, 0.29) is 0 Å². The number of rotatable bonds is 0. The summed E-state index contributed by atoms with van der Waals surface area (Å²) in [5, 5.41) is 11.7. The van der Waals surface area contributed by atoms with Crippen LogP contribution in [0.15, 0.2) is 6.07 Å². The molecule has 2 aromatic rings. The van der Waals surface area contributed by atoms with Crippen molar-refractivity contribution >= 4 is 5.65 Å². The second kappa shape index (κ2) is 2.02. The highest BCUT2D eigenvalue weighted by Crippen LogP contribution is 2.02. The van der Waals surface area contributed by atoms with E-state index in [0.717, 1.165) is 17.0 Å². The van der Waals surface area contributed by atoms with Gasteiger partial charge in [0.25, 0.3) is 0 Å². The molecule has 2 aromatic heterocycles. The van der Waals surface area contributed by atoms with Gasteiger partial charge >= 0.3 is 0 Å². The SMILES string of the molecule is Cc1cc2nn[c]c(C)n2n1. The van der Waals surface area contributed by atoms with E-state index < -0.39 is 0 Å². The number of hydrogen-bond acceptors (Lipinski definition) is 3. The van der Waals surface area contributed by atoms with E-state index in [1.54, 1.807) is 4.52 Å². The Kier molecular flexibility index (Phi) is 1.15. The van der Waals surface area contributed by atoms with Gasteiger partial charge in [-0.3, -0.25) is 0 Å². The van der Waals surface area contributed by atoms with E-state index >= 15 is 0 Å². The van der Waals surface area contributed by atoms with Crippen molar-refractivity contribution in [1.29, 1.82) is 0 Å². The standard InChI is InChI=1S/C7H7N4/c1-5-3-7-9-8-4-6(2)11(7)10-5/h3H,1-2H3. The Labute approximate surface area is 63.9 Å². The van der Waals surface area contributed by atoms with Crippen LogP contribution in [0.4, 0.5) is 0 Å². The van der Waals surface area contributed by atoms with E-state index in [1.807, 2.05) is 19.9 Å². The fourth-order valence-corrected chi connectivity index (χ4v) is 1.000.